The number of rotatable bonds is 3. The molecule has 0 heterocycles. The Morgan fingerprint density at radius 1 is 1.20 bits per heavy atom. The SMILES string of the molecule is CC(NCl)c1ccc(OC(C)(C)C)cc1. The van der Waals surface area contributed by atoms with Gasteiger partial charge in [0, 0.05) is 6.04 Å². The maximum absolute atomic E-state index is 5.72. The fraction of sp³-hybridized carbons (Fsp3) is 0.500. The third-order valence-electron chi connectivity index (χ3n) is 1.97. The summed E-state index contributed by atoms with van der Waals surface area (Å²) in [6.07, 6.45) is 0. The van der Waals surface area contributed by atoms with Crippen molar-refractivity contribution in [3.63, 3.8) is 0 Å². The minimum Gasteiger partial charge on any atom is -0.488 e. The quantitative estimate of drug-likeness (QED) is 0.796. The highest BCUT2D eigenvalue weighted by atomic mass is 35.5. The Labute approximate surface area is 96.7 Å². The molecule has 0 radical (unpaired) electrons. The summed E-state index contributed by atoms with van der Waals surface area (Å²) in [7, 11) is 0. The molecule has 0 aliphatic carbocycles. The van der Waals surface area contributed by atoms with Crippen LogP contribution in [-0.4, -0.2) is 5.60 Å². The molecule has 1 aromatic carbocycles. The molecule has 2 nitrogen and oxygen atoms in total. The van der Waals surface area contributed by atoms with Crippen LogP contribution in [0, 0.1) is 0 Å². The summed E-state index contributed by atoms with van der Waals surface area (Å²) >= 11 is 5.55. The van der Waals surface area contributed by atoms with Crippen LogP contribution in [0.4, 0.5) is 0 Å². The molecule has 1 atom stereocenters. The predicted molar refractivity (Wildman–Crippen MR) is 64.2 cm³/mol. The van der Waals surface area contributed by atoms with E-state index in [4.69, 9.17) is 16.5 Å². The highest BCUT2D eigenvalue weighted by molar-refractivity contribution is 6.13. The largest absolute Gasteiger partial charge is 0.488 e. The summed E-state index contributed by atoms with van der Waals surface area (Å²) in [5.41, 5.74) is 0.990. The van der Waals surface area contributed by atoms with Crippen molar-refractivity contribution in [2.45, 2.75) is 39.3 Å². The molecule has 15 heavy (non-hydrogen) atoms. The summed E-state index contributed by atoms with van der Waals surface area (Å²) < 4.78 is 5.72. The molecule has 0 saturated carbocycles. The van der Waals surface area contributed by atoms with Crippen LogP contribution in [0.25, 0.3) is 0 Å². The van der Waals surface area contributed by atoms with Gasteiger partial charge in [-0.05, 0) is 57.2 Å². The van der Waals surface area contributed by atoms with E-state index in [1.165, 1.54) is 0 Å². The molecule has 1 rings (SSSR count). The van der Waals surface area contributed by atoms with Crippen LogP contribution < -0.4 is 9.57 Å². The lowest BCUT2D eigenvalue weighted by molar-refractivity contribution is 0.131. The normalized spacial score (nSPS) is 13.7. The van der Waals surface area contributed by atoms with E-state index < -0.39 is 0 Å². The van der Waals surface area contributed by atoms with E-state index in [-0.39, 0.29) is 11.6 Å². The Kier molecular flexibility index (Phi) is 4.00. The van der Waals surface area contributed by atoms with Crippen molar-refractivity contribution in [3.8, 4) is 5.75 Å². The zero-order chi connectivity index (χ0) is 11.5. The number of nitrogens with one attached hydrogen (secondary N) is 1. The van der Waals surface area contributed by atoms with E-state index in [0.717, 1.165) is 11.3 Å². The second-order valence-corrected chi connectivity index (χ2v) is 4.83. The maximum Gasteiger partial charge on any atom is 0.120 e. The second kappa shape index (κ2) is 4.86. The van der Waals surface area contributed by atoms with E-state index in [9.17, 15) is 0 Å². The van der Waals surface area contributed by atoms with Crippen molar-refractivity contribution < 1.29 is 4.74 Å². The Morgan fingerprint density at radius 2 is 1.73 bits per heavy atom. The second-order valence-electron chi connectivity index (χ2n) is 4.61. The van der Waals surface area contributed by atoms with Gasteiger partial charge in [0.15, 0.2) is 0 Å². The highest BCUT2D eigenvalue weighted by Gasteiger charge is 2.11. The van der Waals surface area contributed by atoms with Crippen LogP contribution in [0.15, 0.2) is 24.3 Å². The van der Waals surface area contributed by atoms with Crippen molar-refractivity contribution in [2.75, 3.05) is 0 Å². The fourth-order valence-corrected chi connectivity index (χ4v) is 1.37. The number of halogens is 1. The van der Waals surface area contributed by atoms with Gasteiger partial charge >= 0.3 is 0 Å². The summed E-state index contributed by atoms with van der Waals surface area (Å²) in [5.74, 6) is 0.882. The molecule has 1 aromatic rings. The number of ether oxygens (including phenoxy) is 1. The van der Waals surface area contributed by atoms with Gasteiger partial charge in [-0.1, -0.05) is 12.1 Å². The monoisotopic (exact) mass is 227 g/mol. The summed E-state index contributed by atoms with van der Waals surface area (Å²) in [6.45, 7) is 8.10. The zero-order valence-corrected chi connectivity index (χ0v) is 10.4. The molecule has 0 bridgehead atoms. The molecule has 0 aromatic heterocycles. The number of benzene rings is 1. The van der Waals surface area contributed by atoms with Gasteiger partial charge in [0.2, 0.25) is 0 Å². The van der Waals surface area contributed by atoms with Gasteiger partial charge in [0.1, 0.15) is 11.4 Å². The van der Waals surface area contributed by atoms with Gasteiger partial charge in [-0.3, -0.25) is 0 Å². The molecular formula is C12H18ClNO. The molecule has 3 heteroatoms. The average Bonchev–Trinajstić information content (AvgIpc) is 2.15. The molecule has 0 aliphatic heterocycles. The summed E-state index contributed by atoms with van der Waals surface area (Å²) in [6, 6.07) is 8.11. The van der Waals surface area contributed by atoms with Gasteiger partial charge in [-0.2, -0.15) is 0 Å². The van der Waals surface area contributed by atoms with Crippen LogP contribution in [0.1, 0.15) is 39.3 Å². The summed E-state index contributed by atoms with van der Waals surface area (Å²) in [5, 5.41) is 0. The van der Waals surface area contributed by atoms with E-state index in [0.29, 0.717) is 0 Å². The third kappa shape index (κ3) is 4.10. The van der Waals surface area contributed by atoms with Crippen molar-refractivity contribution in [3.05, 3.63) is 29.8 Å². The smallest absolute Gasteiger partial charge is 0.120 e. The molecule has 0 amide bonds. The van der Waals surface area contributed by atoms with Gasteiger partial charge in [0.25, 0.3) is 0 Å². The van der Waals surface area contributed by atoms with Crippen molar-refractivity contribution >= 4 is 11.8 Å². The molecule has 0 spiro atoms. The van der Waals surface area contributed by atoms with Gasteiger partial charge in [0.05, 0.1) is 0 Å². The Hall–Kier alpha value is -0.730. The lowest BCUT2D eigenvalue weighted by Gasteiger charge is -2.21. The minimum atomic E-state index is -0.155. The van der Waals surface area contributed by atoms with Crippen molar-refractivity contribution in [2.24, 2.45) is 0 Å². The molecule has 0 aliphatic rings. The van der Waals surface area contributed by atoms with E-state index in [2.05, 4.69) is 4.84 Å². The van der Waals surface area contributed by atoms with Gasteiger partial charge < -0.3 is 4.74 Å². The van der Waals surface area contributed by atoms with Gasteiger partial charge in [-0.25, -0.2) is 4.84 Å². The molecule has 1 N–H and O–H groups in total. The van der Waals surface area contributed by atoms with Gasteiger partial charge in [-0.15, -0.1) is 0 Å². The molecule has 0 saturated heterocycles. The topological polar surface area (TPSA) is 21.3 Å². The lowest BCUT2D eigenvalue weighted by Crippen LogP contribution is -2.22. The van der Waals surface area contributed by atoms with Crippen LogP contribution in [0.3, 0.4) is 0 Å². The number of hydrogen-bond acceptors (Lipinski definition) is 2. The predicted octanol–water partition coefficient (Wildman–Crippen LogP) is 3.67. The van der Waals surface area contributed by atoms with Crippen LogP contribution in [0.5, 0.6) is 5.75 Å². The lowest BCUT2D eigenvalue weighted by atomic mass is 10.1. The fourth-order valence-electron chi connectivity index (χ4n) is 1.24. The van der Waals surface area contributed by atoms with Crippen LogP contribution in [-0.2, 0) is 0 Å². The third-order valence-corrected chi connectivity index (χ3v) is 2.30. The molecule has 84 valence electrons. The van der Waals surface area contributed by atoms with E-state index in [1.807, 2.05) is 52.0 Å². The van der Waals surface area contributed by atoms with Crippen molar-refractivity contribution in [1.29, 1.82) is 0 Å². The molecular weight excluding hydrogens is 210 g/mol. The Bertz CT molecular complexity index is 302. The minimum absolute atomic E-state index is 0.148. The standard InChI is InChI=1S/C12H18ClNO/c1-9(14-13)10-5-7-11(8-6-10)15-12(2,3)4/h5-9,14H,1-4H3. The van der Waals surface area contributed by atoms with Crippen molar-refractivity contribution in [1.82, 2.24) is 4.84 Å². The van der Waals surface area contributed by atoms with Crippen LogP contribution >= 0.6 is 11.8 Å². The first-order valence-electron chi connectivity index (χ1n) is 5.07. The Morgan fingerprint density at radius 3 is 2.13 bits per heavy atom. The first-order chi connectivity index (χ1) is 6.92. The maximum atomic E-state index is 5.72. The highest BCUT2D eigenvalue weighted by Crippen LogP contribution is 2.21. The zero-order valence-electron chi connectivity index (χ0n) is 9.67. The summed E-state index contributed by atoms with van der Waals surface area (Å²) in [4.78, 5) is 2.68. The van der Waals surface area contributed by atoms with Crippen LogP contribution in [0.2, 0.25) is 0 Å². The first kappa shape index (κ1) is 12.3. The number of hydrogen-bond donors (Lipinski definition) is 1. The van der Waals surface area contributed by atoms with E-state index >= 15 is 0 Å². The first-order valence-corrected chi connectivity index (χ1v) is 5.45. The average molecular weight is 228 g/mol. The molecule has 0 fully saturated rings. The van der Waals surface area contributed by atoms with E-state index in [1.54, 1.807) is 0 Å². The molecule has 1 unspecified atom stereocenters. The Balaban J connectivity index is 2.72.